The van der Waals surface area contributed by atoms with Crippen LogP contribution in [-0.4, -0.2) is 27.5 Å². The Balaban J connectivity index is 1.82. The van der Waals surface area contributed by atoms with Crippen molar-refractivity contribution in [1.82, 2.24) is 0 Å². The molecular weight excluding hydrogens is 575 g/mol. The van der Waals surface area contributed by atoms with Crippen LogP contribution in [0.2, 0.25) is 0 Å². The second-order valence-corrected chi connectivity index (χ2v) is 20.7. The van der Waals surface area contributed by atoms with Gasteiger partial charge in [0.2, 0.25) is 0 Å². The molecule has 35 heavy (non-hydrogen) atoms. The van der Waals surface area contributed by atoms with Gasteiger partial charge in [0, 0.05) is 0 Å². The maximum absolute atomic E-state index is 14.5. The average Bonchev–Trinajstić information content (AvgIpc) is 2.87. The zero-order chi connectivity index (χ0) is 24.7. The number of halogens is 1. The molecule has 0 radical (unpaired) electrons. The quantitative estimate of drug-likeness (QED) is 0.122. The van der Waals surface area contributed by atoms with E-state index in [4.69, 9.17) is 9.47 Å². The van der Waals surface area contributed by atoms with Crippen molar-refractivity contribution < 1.29 is 22.8 Å². The van der Waals surface area contributed by atoms with Crippen LogP contribution in [0.25, 0.3) is 21.5 Å². The summed E-state index contributed by atoms with van der Waals surface area (Å²) in [5.74, 6) is 1.20. The summed E-state index contributed by atoms with van der Waals surface area (Å²) in [5, 5.41) is 3.02. The summed E-state index contributed by atoms with van der Waals surface area (Å²) in [6, 6.07) is 30.8. The first-order chi connectivity index (χ1) is 16.8. The molecule has 0 aliphatic carbocycles. The van der Waals surface area contributed by atoms with Crippen molar-refractivity contribution in [2.75, 3.05) is 14.2 Å². The molecule has 5 aromatic carbocycles. The molecule has 180 valence electrons. The number of methoxy groups -OCH3 is 2. The van der Waals surface area contributed by atoms with Crippen LogP contribution in [0.3, 0.4) is 0 Å². The fourth-order valence-corrected chi connectivity index (χ4v) is 17.8. The Morgan fingerprint density at radius 3 is 1.51 bits per heavy atom. The Hall–Kier alpha value is -2.98. The number of hydrogen-bond donors (Lipinski definition) is 2. The van der Waals surface area contributed by atoms with Gasteiger partial charge in [-0.2, -0.15) is 0 Å². The molecule has 0 aromatic heterocycles. The van der Waals surface area contributed by atoms with E-state index in [-0.39, 0.29) is 4.90 Å². The molecule has 0 saturated heterocycles. The van der Waals surface area contributed by atoms with Crippen LogP contribution in [0.1, 0.15) is 0 Å². The summed E-state index contributed by atoms with van der Waals surface area (Å²) in [6.07, 6.45) is 0. The van der Waals surface area contributed by atoms with Crippen LogP contribution in [0.5, 0.6) is 11.5 Å². The van der Waals surface area contributed by atoms with Crippen LogP contribution in [0.4, 0.5) is 0 Å². The zero-order valence-corrected chi connectivity index (χ0v) is 22.2. The fraction of sp³-hybridized carbons (Fsp3) is 0.0714. The minimum absolute atomic E-state index is 0.0250. The van der Waals surface area contributed by atoms with E-state index < -0.39 is 25.2 Å². The first-order valence-corrected chi connectivity index (χ1v) is 17.5. The van der Waals surface area contributed by atoms with Crippen molar-refractivity contribution in [3.63, 3.8) is 0 Å². The van der Waals surface area contributed by atoms with Gasteiger partial charge >= 0.3 is 210 Å². The summed E-state index contributed by atoms with van der Waals surface area (Å²) in [7, 11) is 3.17. The van der Waals surface area contributed by atoms with Crippen molar-refractivity contribution >= 4 is 46.8 Å². The summed E-state index contributed by atoms with van der Waals surface area (Å²) < 4.78 is 50.9. The zero-order valence-electron chi connectivity index (χ0n) is 19.2. The molecule has 0 unspecified atom stereocenters. The minimum atomic E-state index is -5.32. The van der Waals surface area contributed by atoms with Gasteiger partial charge in [-0.3, -0.25) is 0 Å². The molecule has 0 atom stereocenters. The van der Waals surface area contributed by atoms with Crippen molar-refractivity contribution in [2.45, 2.75) is 4.90 Å². The first-order valence-electron chi connectivity index (χ1n) is 10.9. The average molecular weight is 600 g/mol. The third-order valence-corrected chi connectivity index (χ3v) is 19.8. The Morgan fingerprint density at radius 2 is 1.03 bits per heavy atom. The van der Waals surface area contributed by atoms with E-state index in [1.54, 1.807) is 26.4 Å². The molecule has 5 rings (SSSR count). The molecule has 7 heteroatoms. The molecule has 0 aliphatic rings. The standard InChI is InChI=1S/C28H25IO5S/c1-33-27-23-15-9-10-16-24(23)28(34-2)26-19-22(17-18-25(26)27)35(30,31,32)29(20-11-5-3-6-12-20)21-13-7-4-8-14-21/h3-19H,1-2H3,(H2,30,31,32). The monoisotopic (exact) mass is 600 g/mol. The maximum atomic E-state index is 14.5. The molecule has 0 spiro atoms. The summed E-state index contributed by atoms with van der Waals surface area (Å²) in [6.45, 7) is -5.32. The van der Waals surface area contributed by atoms with E-state index in [9.17, 15) is 13.3 Å². The van der Waals surface area contributed by atoms with Gasteiger partial charge in [-0.05, 0) is 0 Å². The Bertz CT molecular complexity index is 1560. The normalized spacial score (nSPS) is 13.3. The number of hydrogen-bond acceptors (Lipinski definition) is 3. The van der Waals surface area contributed by atoms with Gasteiger partial charge in [0.1, 0.15) is 0 Å². The van der Waals surface area contributed by atoms with E-state index in [1.165, 1.54) is 6.07 Å². The molecule has 0 aliphatic heterocycles. The molecule has 0 fully saturated rings. The van der Waals surface area contributed by atoms with Gasteiger partial charge in [0.25, 0.3) is 0 Å². The molecule has 0 bridgehead atoms. The molecule has 0 heterocycles. The predicted octanol–water partition coefficient (Wildman–Crippen LogP) is 7.30. The molecule has 0 amide bonds. The Labute approximate surface area is 209 Å². The Morgan fingerprint density at radius 1 is 0.600 bits per heavy atom. The molecule has 5 nitrogen and oxygen atoms in total. The van der Waals surface area contributed by atoms with Crippen molar-refractivity contribution in [3.05, 3.63) is 110 Å². The second-order valence-electron chi connectivity index (χ2n) is 7.93. The molecule has 0 saturated carbocycles. The van der Waals surface area contributed by atoms with Crippen LogP contribution in [0.15, 0.2) is 108 Å². The van der Waals surface area contributed by atoms with Crippen molar-refractivity contribution in [3.8, 4) is 11.5 Å². The third kappa shape index (κ3) is 3.98. The van der Waals surface area contributed by atoms with E-state index in [1.807, 2.05) is 84.9 Å². The molecule has 2 N–H and O–H groups in total. The van der Waals surface area contributed by atoms with Gasteiger partial charge in [0.05, 0.1) is 0 Å². The summed E-state index contributed by atoms with van der Waals surface area (Å²) in [5.41, 5.74) is 0. The molecule has 5 aromatic rings. The third-order valence-electron chi connectivity index (χ3n) is 5.84. The van der Waals surface area contributed by atoms with Crippen LogP contribution < -0.4 is 9.47 Å². The van der Waals surface area contributed by atoms with Gasteiger partial charge in [-0.1, -0.05) is 0 Å². The van der Waals surface area contributed by atoms with E-state index in [2.05, 4.69) is 0 Å². The SMILES string of the molecule is COc1c2ccccc2c(OC)c2cc(S(=O)(O)(O)I(c3ccccc3)c3ccccc3)ccc12. The summed E-state index contributed by atoms with van der Waals surface area (Å²) >= 11 is -3.33. The van der Waals surface area contributed by atoms with E-state index in [0.717, 1.165) is 16.2 Å². The number of ether oxygens (including phenoxy) is 2. The van der Waals surface area contributed by atoms with E-state index >= 15 is 0 Å². The number of benzene rings is 5. The second kappa shape index (κ2) is 8.91. The molecular formula is C28H25IO5S. The van der Waals surface area contributed by atoms with Crippen LogP contribution in [0, 0.1) is 7.14 Å². The number of fused-ring (bicyclic) bond motifs is 2. The van der Waals surface area contributed by atoms with Gasteiger partial charge in [-0.25, -0.2) is 0 Å². The predicted molar refractivity (Wildman–Crippen MR) is 151 cm³/mol. The number of rotatable bonds is 6. The van der Waals surface area contributed by atoms with Gasteiger partial charge in [-0.15, -0.1) is 0 Å². The van der Waals surface area contributed by atoms with Crippen LogP contribution >= 0.6 is 18.4 Å². The first kappa shape index (κ1) is 23.7. The Kier molecular flexibility index (Phi) is 6.04. The van der Waals surface area contributed by atoms with Crippen molar-refractivity contribution in [1.29, 1.82) is 0 Å². The van der Waals surface area contributed by atoms with Gasteiger partial charge in [0.15, 0.2) is 0 Å². The van der Waals surface area contributed by atoms with Crippen LogP contribution in [-0.2, 0) is 6.80 Å². The van der Waals surface area contributed by atoms with Crippen molar-refractivity contribution in [2.24, 2.45) is 0 Å². The van der Waals surface area contributed by atoms with E-state index in [0.29, 0.717) is 24.0 Å². The summed E-state index contributed by atoms with van der Waals surface area (Å²) in [4.78, 5) is -0.0250. The van der Waals surface area contributed by atoms with Gasteiger partial charge < -0.3 is 0 Å². The topological polar surface area (TPSA) is 76.0 Å². The fourth-order valence-electron chi connectivity index (χ4n) is 4.33.